The molecule has 2 atom stereocenters. The molecule has 3 aromatic rings. The third-order valence-corrected chi connectivity index (χ3v) is 13.4. The van der Waals surface area contributed by atoms with Crippen molar-refractivity contribution < 1.29 is 31.4 Å². The first kappa shape index (κ1) is 32.1. The Morgan fingerprint density at radius 2 is 1.84 bits per heavy atom. The van der Waals surface area contributed by atoms with Crippen LogP contribution in [0, 0.1) is 6.92 Å². The fourth-order valence-corrected chi connectivity index (χ4v) is 9.75. The number of aromatic nitrogens is 1. The Morgan fingerprint density at radius 1 is 1.11 bits per heavy atom. The number of aryl methyl sites for hydroxylation is 2. The lowest BCUT2D eigenvalue weighted by molar-refractivity contribution is -0.0312. The first-order valence-electron chi connectivity index (χ1n) is 15.6. The first-order valence-corrected chi connectivity index (χ1v) is 18.6. The van der Waals surface area contributed by atoms with Crippen LogP contribution in [0.2, 0.25) is 0 Å². The van der Waals surface area contributed by atoms with Gasteiger partial charge >= 0.3 is 0 Å². The summed E-state index contributed by atoms with van der Waals surface area (Å²) in [5.74, 6) is 0.396. The lowest BCUT2D eigenvalue weighted by Crippen LogP contribution is -2.47. The molecular formula is C32H41N3O8S2. The molecule has 0 amide bonds. The van der Waals surface area contributed by atoms with Gasteiger partial charge in [0.1, 0.15) is 23.4 Å². The molecule has 2 aromatic carbocycles. The number of fused-ring (bicyclic) bond motifs is 1. The quantitative estimate of drug-likeness (QED) is 0.318. The third-order valence-electron chi connectivity index (χ3n) is 9.25. The Balaban J connectivity index is 1.02. The molecule has 45 heavy (non-hydrogen) atoms. The molecule has 2 unspecified atom stereocenters. The number of nitrogens with zero attached hydrogens (tertiary/aromatic N) is 2. The van der Waals surface area contributed by atoms with E-state index in [9.17, 15) is 26.7 Å². The summed E-state index contributed by atoms with van der Waals surface area (Å²) in [6.07, 6.45) is 3.71. The van der Waals surface area contributed by atoms with Crippen molar-refractivity contribution in [1.82, 2.24) is 14.2 Å². The average molecular weight is 660 g/mol. The van der Waals surface area contributed by atoms with Gasteiger partial charge in [-0.25, -0.2) is 16.8 Å². The minimum absolute atomic E-state index is 0.000453. The Bertz CT molecular complexity index is 1850. The van der Waals surface area contributed by atoms with Gasteiger partial charge in [0.2, 0.25) is 15.5 Å². The van der Waals surface area contributed by atoms with Gasteiger partial charge in [0, 0.05) is 43.8 Å². The van der Waals surface area contributed by atoms with E-state index in [-0.39, 0.29) is 47.3 Å². The number of hydrogen-bond acceptors (Lipinski definition) is 9. The van der Waals surface area contributed by atoms with Crippen molar-refractivity contribution in [2.24, 2.45) is 0 Å². The topological polar surface area (TPSA) is 144 Å². The second-order valence-corrected chi connectivity index (χ2v) is 16.6. The van der Waals surface area contributed by atoms with E-state index in [0.29, 0.717) is 56.4 Å². The van der Waals surface area contributed by atoms with Crippen molar-refractivity contribution in [3.63, 3.8) is 0 Å². The first-order chi connectivity index (χ1) is 21.4. The summed E-state index contributed by atoms with van der Waals surface area (Å²) in [7, 11) is -7.33. The Kier molecular flexibility index (Phi) is 8.87. The number of nitrogens with one attached hydrogen (secondary N) is 1. The number of sulfonamides is 1. The van der Waals surface area contributed by atoms with E-state index in [1.54, 1.807) is 30.3 Å². The predicted molar refractivity (Wildman–Crippen MR) is 170 cm³/mol. The van der Waals surface area contributed by atoms with Crippen molar-refractivity contribution >= 4 is 30.8 Å². The van der Waals surface area contributed by atoms with Crippen LogP contribution in [0.3, 0.4) is 0 Å². The zero-order valence-corrected chi connectivity index (χ0v) is 27.3. The minimum atomic E-state index is -4.00. The number of hydrogen-bond donors (Lipinski definition) is 2. The van der Waals surface area contributed by atoms with Gasteiger partial charge in [0.25, 0.3) is 0 Å². The zero-order valence-electron chi connectivity index (χ0n) is 25.6. The van der Waals surface area contributed by atoms with E-state index in [1.165, 1.54) is 16.6 Å². The van der Waals surface area contributed by atoms with Crippen molar-refractivity contribution in [1.29, 1.82) is 0 Å². The molecule has 0 radical (unpaired) electrons. The van der Waals surface area contributed by atoms with E-state index in [2.05, 4.69) is 5.32 Å². The zero-order chi connectivity index (χ0) is 32.0. The lowest BCUT2D eigenvalue weighted by atomic mass is 9.88. The van der Waals surface area contributed by atoms with E-state index < -0.39 is 37.0 Å². The molecule has 3 aliphatic rings. The van der Waals surface area contributed by atoms with Crippen molar-refractivity contribution in [3.8, 4) is 5.75 Å². The number of aliphatic hydroxyl groups excluding tert-OH is 1. The largest absolute Gasteiger partial charge is 0.491 e. The Hall–Kier alpha value is -2.81. The Morgan fingerprint density at radius 3 is 2.56 bits per heavy atom. The van der Waals surface area contributed by atoms with Gasteiger partial charge < -0.3 is 24.5 Å². The number of sulfone groups is 1. The summed E-state index contributed by atoms with van der Waals surface area (Å²) in [5.41, 5.74) is 0.731. The molecule has 3 fully saturated rings. The number of benzene rings is 2. The van der Waals surface area contributed by atoms with E-state index in [4.69, 9.17) is 9.47 Å². The lowest BCUT2D eigenvalue weighted by Gasteiger charge is -2.38. The van der Waals surface area contributed by atoms with Crippen molar-refractivity contribution in [3.05, 3.63) is 64.4 Å². The van der Waals surface area contributed by atoms with Crippen molar-refractivity contribution in [2.45, 2.75) is 85.3 Å². The van der Waals surface area contributed by atoms with Gasteiger partial charge in [0.05, 0.1) is 27.9 Å². The molecule has 11 nitrogen and oxygen atoms in total. The number of piperidine rings is 1. The molecule has 3 heterocycles. The fraction of sp³-hybridized carbons (Fsp3) is 0.531. The van der Waals surface area contributed by atoms with Gasteiger partial charge in [-0.15, -0.1) is 0 Å². The molecule has 1 spiro atoms. The van der Waals surface area contributed by atoms with Crippen molar-refractivity contribution in [2.75, 3.05) is 32.8 Å². The average Bonchev–Trinajstić information content (AvgIpc) is 3.83. The molecule has 1 aromatic heterocycles. The Labute approximate surface area is 264 Å². The standard InChI is InChI=1S/C32H41N3O8S2/c1-3-34-19-29(31(37)28-9-4-6-22(2)30(28)34)45(40,41)35-14-12-32(13-15-35)17-23(20-43-32)33-18-24(36)21-42-25-7-5-8-27(16-25)44(38,39)26-10-11-26/h4-9,16,19,23-24,26,33,36H,3,10-15,17-18,20-21H2,1-2H3. The maximum atomic E-state index is 13.7. The summed E-state index contributed by atoms with van der Waals surface area (Å²) in [6, 6.07) is 11.8. The van der Waals surface area contributed by atoms with E-state index in [1.807, 2.05) is 24.5 Å². The minimum Gasteiger partial charge on any atom is -0.491 e. The molecule has 13 heteroatoms. The molecule has 2 N–H and O–H groups in total. The second-order valence-electron chi connectivity index (χ2n) is 12.5. The summed E-state index contributed by atoms with van der Waals surface area (Å²) < 4.78 is 67.6. The van der Waals surface area contributed by atoms with Crippen LogP contribution in [-0.4, -0.2) is 86.7 Å². The molecule has 244 valence electrons. The highest BCUT2D eigenvalue weighted by Crippen LogP contribution is 2.38. The normalized spacial score (nSPS) is 21.4. The van der Waals surface area contributed by atoms with Crippen LogP contribution in [-0.2, 0) is 31.1 Å². The molecule has 0 bridgehead atoms. The smallest absolute Gasteiger partial charge is 0.248 e. The van der Waals surface area contributed by atoms with Crippen LogP contribution in [0.15, 0.2) is 63.2 Å². The molecular weight excluding hydrogens is 618 g/mol. The monoisotopic (exact) mass is 659 g/mol. The highest BCUT2D eigenvalue weighted by Gasteiger charge is 2.45. The maximum Gasteiger partial charge on any atom is 0.248 e. The molecule has 6 rings (SSSR count). The third kappa shape index (κ3) is 6.43. The number of pyridine rings is 1. The van der Waals surface area contributed by atoms with Crippen LogP contribution in [0.25, 0.3) is 10.9 Å². The second kappa shape index (κ2) is 12.4. The molecule has 1 saturated carbocycles. The van der Waals surface area contributed by atoms with Crippen LogP contribution < -0.4 is 15.5 Å². The molecule has 2 aliphatic heterocycles. The van der Waals surface area contributed by atoms with Gasteiger partial charge in [-0.05, 0) is 75.8 Å². The van der Waals surface area contributed by atoms with Gasteiger partial charge in [0.15, 0.2) is 9.84 Å². The summed E-state index contributed by atoms with van der Waals surface area (Å²) in [4.78, 5) is 13.4. The van der Waals surface area contributed by atoms with Crippen LogP contribution >= 0.6 is 0 Å². The van der Waals surface area contributed by atoms with Crippen LogP contribution in [0.5, 0.6) is 5.75 Å². The molecule has 1 aliphatic carbocycles. The van der Waals surface area contributed by atoms with Crippen LogP contribution in [0.4, 0.5) is 0 Å². The predicted octanol–water partition coefficient (Wildman–Crippen LogP) is 2.61. The fourth-order valence-electron chi connectivity index (χ4n) is 6.52. The number of ether oxygens (including phenoxy) is 2. The summed E-state index contributed by atoms with van der Waals surface area (Å²) in [6.45, 7) is 5.57. The summed E-state index contributed by atoms with van der Waals surface area (Å²) >= 11 is 0. The number of rotatable bonds is 11. The number of para-hydroxylation sites is 1. The van der Waals surface area contributed by atoms with E-state index in [0.717, 1.165) is 11.1 Å². The van der Waals surface area contributed by atoms with Gasteiger partial charge in [-0.1, -0.05) is 18.2 Å². The van der Waals surface area contributed by atoms with Gasteiger partial charge in [-0.3, -0.25) is 4.79 Å². The maximum absolute atomic E-state index is 13.7. The summed E-state index contributed by atoms with van der Waals surface area (Å²) in [5, 5.41) is 14.0. The number of aliphatic hydroxyl groups is 1. The highest BCUT2D eigenvalue weighted by molar-refractivity contribution is 7.92. The van der Waals surface area contributed by atoms with Gasteiger partial charge in [-0.2, -0.15) is 4.31 Å². The highest BCUT2D eigenvalue weighted by atomic mass is 32.2. The molecule has 2 saturated heterocycles. The van der Waals surface area contributed by atoms with Crippen LogP contribution in [0.1, 0.15) is 44.6 Å². The van der Waals surface area contributed by atoms with E-state index >= 15 is 0 Å². The SMILES string of the molecule is CCn1cc(S(=O)(=O)N2CCC3(CC2)CC(NCC(O)COc2cccc(S(=O)(=O)C4CC4)c2)CO3)c(=O)c2cccc(C)c21.